The van der Waals surface area contributed by atoms with Crippen molar-refractivity contribution in [3.63, 3.8) is 0 Å². The highest BCUT2D eigenvalue weighted by Crippen LogP contribution is 2.35. The minimum absolute atomic E-state index is 0.529. The summed E-state index contributed by atoms with van der Waals surface area (Å²) in [5, 5.41) is 3.45. The van der Waals surface area contributed by atoms with Crippen LogP contribution < -0.4 is 5.32 Å². The molecule has 0 amide bonds. The molecule has 0 saturated heterocycles. The molecule has 1 nitrogen and oxygen atoms in total. The van der Waals surface area contributed by atoms with Gasteiger partial charge < -0.3 is 5.32 Å². The maximum absolute atomic E-state index is 3.68. The normalized spacial score (nSPS) is 11.2. The van der Waals surface area contributed by atoms with E-state index in [0.29, 0.717) is 6.04 Å². The molecule has 0 aliphatic carbocycles. The van der Waals surface area contributed by atoms with E-state index in [0.717, 1.165) is 6.54 Å². The van der Waals surface area contributed by atoms with Crippen LogP contribution in [0.2, 0.25) is 0 Å². The van der Waals surface area contributed by atoms with E-state index < -0.39 is 0 Å². The number of hydrogen-bond donors (Lipinski definition) is 1. The lowest BCUT2D eigenvalue weighted by atomic mass is 10.1. The summed E-state index contributed by atoms with van der Waals surface area (Å²) in [6.07, 6.45) is 0. The molecule has 1 N–H and O–H groups in total. The molecule has 2 aromatic rings. The highest BCUT2D eigenvalue weighted by Gasteiger charge is 2.08. The monoisotopic (exact) mass is 323 g/mol. The summed E-state index contributed by atoms with van der Waals surface area (Å²) in [4.78, 5) is 2.71. The van der Waals surface area contributed by atoms with E-state index in [2.05, 4.69) is 72.3 Å². The van der Waals surface area contributed by atoms with E-state index in [-0.39, 0.29) is 0 Å². The Labute approximate surface area is 121 Å². The Morgan fingerprint density at radius 1 is 1.22 bits per heavy atom. The molecule has 0 unspecified atom stereocenters. The molecular weight excluding hydrogens is 306 g/mol. The molecule has 0 aliphatic rings. The average molecular weight is 324 g/mol. The predicted molar refractivity (Wildman–Crippen MR) is 84.2 cm³/mol. The Morgan fingerprint density at radius 2 is 2.00 bits per heavy atom. The van der Waals surface area contributed by atoms with E-state index in [9.17, 15) is 0 Å². The third-order valence-corrected chi connectivity index (χ3v) is 4.97. The van der Waals surface area contributed by atoms with Gasteiger partial charge in [0.25, 0.3) is 0 Å². The van der Waals surface area contributed by atoms with Crippen LogP contribution in [0.3, 0.4) is 0 Å². The van der Waals surface area contributed by atoms with Crippen LogP contribution in [0.25, 0.3) is 10.4 Å². The second-order valence-corrected chi connectivity index (χ2v) is 6.70. The molecule has 0 saturated carbocycles. The minimum Gasteiger partial charge on any atom is -0.310 e. The summed E-state index contributed by atoms with van der Waals surface area (Å²) < 4.78 is 1.20. The van der Waals surface area contributed by atoms with Crippen LogP contribution in [0.5, 0.6) is 0 Å². The average Bonchev–Trinajstić information content (AvgIpc) is 2.78. The van der Waals surface area contributed by atoms with Gasteiger partial charge in [-0.1, -0.05) is 32.0 Å². The number of aryl methyl sites for hydroxylation is 1. The molecule has 0 radical (unpaired) electrons. The number of nitrogens with one attached hydrogen (secondary N) is 1. The third-order valence-electron chi connectivity index (χ3n) is 2.80. The molecule has 0 aliphatic heterocycles. The van der Waals surface area contributed by atoms with E-state index >= 15 is 0 Å². The van der Waals surface area contributed by atoms with Crippen molar-refractivity contribution in [3.05, 3.63) is 45.2 Å². The fraction of sp³-hybridized carbons (Fsp3) is 0.333. The van der Waals surface area contributed by atoms with Crippen molar-refractivity contribution in [2.45, 2.75) is 33.4 Å². The number of benzene rings is 1. The van der Waals surface area contributed by atoms with Crippen molar-refractivity contribution in [2.75, 3.05) is 0 Å². The lowest BCUT2D eigenvalue weighted by Gasteiger charge is -2.06. The smallest absolute Gasteiger partial charge is 0.0357 e. The molecule has 3 heteroatoms. The molecule has 1 aromatic carbocycles. The first kappa shape index (κ1) is 13.8. The predicted octanol–water partition coefficient (Wildman–Crippen LogP) is 4.98. The van der Waals surface area contributed by atoms with Gasteiger partial charge in [-0.05, 0) is 40.5 Å². The van der Waals surface area contributed by atoms with E-state index in [1.165, 1.54) is 25.4 Å². The second-order valence-electron chi connectivity index (χ2n) is 4.74. The highest BCUT2D eigenvalue weighted by atomic mass is 79.9. The van der Waals surface area contributed by atoms with Gasteiger partial charge >= 0.3 is 0 Å². The Bertz CT molecular complexity index is 531. The van der Waals surface area contributed by atoms with Gasteiger partial charge in [0.1, 0.15) is 0 Å². The molecule has 18 heavy (non-hydrogen) atoms. The summed E-state index contributed by atoms with van der Waals surface area (Å²) in [7, 11) is 0. The zero-order valence-corrected chi connectivity index (χ0v) is 13.4. The molecule has 96 valence electrons. The second kappa shape index (κ2) is 6.00. The van der Waals surface area contributed by atoms with Gasteiger partial charge in [-0.15, -0.1) is 11.3 Å². The van der Waals surface area contributed by atoms with Crippen molar-refractivity contribution >= 4 is 27.3 Å². The summed E-state index contributed by atoms with van der Waals surface area (Å²) in [5.41, 5.74) is 2.57. The van der Waals surface area contributed by atoms with Crippen LogP contribution in [-0.4, -0.2) is 6.04 Å². The van der Waals surface area contributed by atoms with Gasteiger partial charge in [-0.3, -0.25) is 0 Å². The topological polar surface area (TPSA) is 12.0 Å². The van der Waals surface area contributed by atoms with Crippen LogP contribution in [0.4, 0.5) is 0 Å². The molecule has 0 atom stereocenters. The van der Waals surface area contributed by atoms with Crippen LogP contribution in [0, 0.1) is 6.92 Å². The molecule has 0 fully saturated rings. The number of halogens is 1. The number of rotatable bonds is 4. The Balaban J connectivity index is 2.21. The summed E-state index contributed by atoms with van der Waals surface area (Å²) in [6, 6.07) is 11.4. The van der Waals surface area contributed by atoms with Crippen LogP contribution in [-0.2, 0) is 6.54 Å². The van der Waals surface area contributed by atoms with Crippen LogP contribution >= 0.6 is 27.3 Å². The van der Waals surface area contributed by atoms with Crippen molar-refractivity contribution in [1.29, 1.82) is 0 Å². The van der Waals surface area contributed by atoms with E-state index in [4.69, 9.17) is 0 Å². The molecule has 0 bridgehead atoms. The zero-order chi connectivity index (χ0) is 13.1. The summed E-state index contributed by atoms with van der Waals surface area (Å²) >= 11 is 5.54. The standard InChI is InChI=1S/C15H18BrNS/c1-10(2)17-9-12-7-8-14(18-12)13-6-4-5-11(3)15(13)16/h4-8,10,17H,9H2,1-3H3. The van der Waals surface area contributed by atoms with Crippen molar-refractivity contribution in [3.8, 4) is 10.4 Å². The largest absolute Gasteiger partial charge is 0.310 e. The SMILES string of the molecule is Cc1cccc(-c2ccc(CNC(C)C)s2)c1Br. The molecule has 2 rings (SSSR count). The summed E-state index contributed by atoms with van der Waals surface area (Å²) in [6.45, 7) is 7.42. The fourth-order valence-electron chi connectivity index (χ4n) is 1.76. The molecule has 1 heterocycles. The first-order chi connectivity index (χ1) is 8.58. The Kier molecular flexibility index (Phi) is 4.60. The molecule has 0 spiro atoms. The van der Waals surface area contributed by atoms with Crippen molar-refractivity contribution < 1.29 is 0 Å². The highest BCUT2D eigenvalue weighted by molar-refractivity contribution is 9.10. The van der Waals surface area contributed by atoms with Crippen LogP contribution in [0.15, 0.2) is 34.8 Å². The Morgan fingerprint density at radius 3 is 2.72 bits per heavy atom. The maximum atomic E-state index is 3.68. The van der Waals surface area contributed by atoms with Crippen molar-refractivity contribution in [2.24, 2.45) is 0 Å². The first-order valence-electron chi connectivity index (χ1n) is 6.15. The summed E-state index contributed by atoms with van der Waals surface area (Å²) in [5.74, 6) is 0. The van der Waals surface area contributed by atoms with Gasteiger partial charge in [0, 0.05) is 32.4 Å². The van der Waals surface area contributed by atoms with Crippen LogP contribution in [0.1, 0.15) is 24.3 Å². The number of thiophene rings is 1. The van der Waals surface area contributed by atoms with Gasteiger partial charge in [-0.2, -0.15) is 0 Å². The first-order valence-corrected chi connectivity index (χ1v) is 7.76. The van der Waals surface area contributed by atoms with E-state index in [1.54, 1.807) is 0 Å². The quantitative estimate of drug-likeness (QED) is 0.836. The maximum Gasteiger partial charge on any atom is 0.0357 e. The Hall–Kier alpha value is -0.640. The van der Waals surface area contributed by atoms with Gasteiger partial charge in [0.05, 0.1) is 0 Å². The van der Waals surface area contributed by atoms with Gasteiger partial charge in [0.15, 0.2) is 0 Å². The third kappa shape index (κ3) is 3.22. The fourth-order valence-corrected chi connectivity index (χ4v) is 3.36. The van der Waals surface area contributed by atoms with Crippen molar-refractivity contribution in [1.82, 2.24) is 5.32 Å². The van der Waals surface area contributed by atoms with Gasteiger partial charge in [-0.25, -0.2) is 0 Å². The number of hydrogen-bond acceptors (Lipinski definition) is 2. The van der Waals surface area contributed by atoms with E-state index in [1.807, 2.05) is 11.3 Å². The minimum atomic E-state index is 0.529. The molecular formula is C15H18BrNS. The zero-order valence-electron chi connectivity index (χ0n) is 11.0. The lowest BCUT2D eigenvalue weighted by molar-refractivity contribution is 0.593. The molecule has 1 aromatic heterocycles. The lowest BCUT2D eigenvalue weighted by Crippen LogP contribution is -2.21. The van der Waals surface area contributed by atoms with Gasteiger partial charge in [0.2, 0.25) is 0 Å².